The molecule has 32 heavy (non-hydrogen) atoms. The zero-order valence-electron chi connectivity index (χ0n) is 17.2. The molecule has 0 saturated heterocycles. The van der Waals surface area contributed by atoms with E-state index < -0.39 is 11.5 Å². The third kappa shape index (κ3) is 4.17. The van der Waals surface area contributed by atoms with Crippen molar-refractivity contribution in [3.63, 3.8) is 0 Å². The van der Waals surface area contributed by atoms with Crippen LogP contribution >= 0.6 is 33.9 Å². The quantitative estimate of drug-likeness (QED) is 0.281. The molecule has 9 heteroatoms. The van der Waals surface area contributed by atoms with Gasteiger partial charge in [-0.25, -0.2) is 4.79 Å². The Hall–Kier alpha value is -3.05. The topological polar surface area (TPSA) is 90.3 Å². The Morgan fingerprint density at radius 2 is 1.97 bits per heavy atom. The second-order valence-electron chi connectivity index (χ2n) is 6.91. The monoisotopic (exact) mass is 559 g/mol. The summed E-state index contributed by atoms with van der Waals surface area (Å²) in [5, 5.41) is 9.71. The highest BCUT2D eigenvalue weighted by Crippen LogP contribution is 2.31. The van der Waals surface area contributed by atoms with Crippen molar-refractivity contribution in [2.75, 3.05) is 11.9 Å². The first-order chi connectivity index (χ1) is 15.4. The highest BCUT2D eigenvalue weighted by Gasteiger charge is 2.23. The van der Waals surface area contributed by atoms with Gasteiger partial charge >= 0.3 is 5.97 Å². The average Bonchev–Trinajstić information content (AvgIpc) is 3.18. The van der Waals surface area contributed by atoms with Crippen LogP contribution in [0.1, 0.15) is 33.3 Å². The number of carbonyl (C=O) groups is 2. The molecule has 0 aliphatic rings. The number of thiophene rings is 1. The number of rotatable bonds is 5. The van der Waals surface area contributed by atoms with Crippen LogP contribution in [-0.2, 0) is 4.74 Å². The fourth-order valence-electron chi connectivity index (χ4n) is 3.24. The van der Waals surface area contributed by atoms with E-state index in [2.05, 4.69) is 33.0 Å². The normalized spacial score (nSPS) is 10.8. The molecule has 4 rings (SSSR count). The lowest BCUT2D eigenvalue weighted by molar-refractivity contribution is 0.0520. The van der Waals surface area contributed by atoms with Crippen molar-refractivity contribution >= 4 is 61.6 Å². The smallest absolute Gasteiger partial charge is 0.359 e. The fourth-order valence-corrected chi connectivity index (χ4v) is 4.81. The van der Waals surface area contributed by atoms with E-state index in [9.17, 15) is 14.4 Å². The molecule has 0 unspecified atom stereocenters. The third-order valence-corrected chi connectivity index (χ3v) is 6.55. The van der Waals surface area contributed by atoms with Crippen LogP contribution in [0.3, 0.4) is 0 Å². The number of fused-ring (bicyclic) bond motifs is 1. The summed E-state index contributed by atoms with van der Waals surface area (Å²) in [6.45, 7) is 3.77. The fraction of sp³-hybridized carbons (Fsp3) is 0.130. The molecule has 2 aromatic heterocycles. The lowest BCUT2D eigenvalue weighted by Gasteiger charge is -2.10. The molecule has 0 aliphatic heterocycles. The zero-order chi connectivity index (χ0) is 22.8. The van der Waals surface area contributed by atoms with E-state index in [0.29, 0.717) is 21.6 Å². The van der Waals surface area contributed by atoms with Crippen LogP contribution in [0.2, 0.25) is 0 Å². The van der Waals surface area contributed by atoms with Crippen molar-refractivity contribution in [3.8, 4) is 5.69 Å². The summed E-state index contributed by atoms with van der Waals surface area (Å²) in [6.07, 6.45) is 0. The van der Waals surface area contributed by atoms with Gasteiger partial charge in [-0.05, 0) is 66.3 Å². The van der Waals surface area contributed by atoms with E-state index in [1.807, 2.05) is 25.1 Å². The van der Waals surface area contributed by atoms with Crippen LogP contribution in [0.4, 0.5) is 5.00 Å². The van der Waals surface area contributed by atoms with Crippen LogP contribution < -0.4 is 10.9 Å². The number of amides is 1. The van der Waals surface area contributed by atoms with E-state index in [1.165, 1.54) is 16.0 Å². The van der Waals surface area contributed by atoms with Crippen LogP contribution in [-0.4, -0.2) is 28.3 Å². The predicted molar refractivity (Wildman–Crippen MR) is 133 cm³/mol. The molecular formula is C23H18IN3O4S. The van der Waals surface area contributed by atoms with Gasteiger partial charge in [0.05, 0.1) is 23.2 Å². The van der Waals surface area contributed by atoms with Gasteiger partial charge in [0.15, 0.2) is 5.69 Å². The van der Waals surface area contributed by atoms with Crippen molar-refractivity contribution in [3.05, 3.63) is 84.7 Å². The Morgan fingerprint density at radius 1 is 1.19 bits per heavy atom. The number of aromatic nitrogens is 2. The molecule has 1 amide bonds. The number of aryl methyl sites for hydroxylation is 1. The maximum absolute atomic E-state index is 13.4. The van der Waals surface area contributed by atoms with Gasteiger partial charge in [0.2, 0.25) is 0 Å². The molecule has 0 atom stereocenters. The molecule has 162 valence electrons. The SMILES string of the molecule is CCOC(=O)c1nn(-c2cccc(C)c2)c(=O)c2c(NC(=O)c3ccccc3I)scc12. The van der Waals surface area contributed by atoms with Crippen molar-refractivity contribution in [2.45, 2.75) is 13.8 Å². The molecule has 0 fully saturated rings. The molecule has 1 N–H and O–H groups in total. The highest BCUT2D eigenvalue weighted by atomic mass is 127. The minimum atomic E-state index is -0.632. The van der Waals surface area contributed by atoms with Crippen LogP contribution in [0.5, 0.6) is 0 Å². The van der Waals surface area contributed by atoms with Gasteiger partial charge in [0.25, 0.3) is 11.5 Å². The maximum Gasteiger partial charge on any atom is 0.359 e. The zero-order valence-corrected chi connectivity index (χ0v) is 20.2. The molecular weight excluding hydrogens is 541 g/mol. The largest absolute Gasteiger partial charge is 0.461 e. The van der Waals surface area contributed by atoms with Gasteiger partial charge in [-0.2, -0.15) is 9.78 Å². The maximum atomic E-state index is 13.4. The average molecular weight is 559 g/mol. The standard InChI is InChI=1S/C23H18IN3O4S/c1-3-31-23(30)19-16-12-32-21(25-20(28)15-9-4-5-10-17(15)24)18(16)22(29)27(26-19)14-8-6-7-13(2)11-14/h4-12H,3H2,1-2H3,(H,25,28). The number of carbonyl (C=O) groups excluding carboxylic acids is 2. The van der Waals surface area contributed by atoms with E-state index in [4.69, 9.17) is 4.74 Å². The number of hydrogen-bond acceptors (Lipinski definition) is 6. The number of hydrogen-bond donors (Lipinski definition) is 1. The minimum Gasteiger partial charge on any atom is -0.461 e. The Morgan fingerprint density at radius 3 is 2.69 bits per heavy atom. The van der Waals surface area contributed by atoms with Crippen LogP contribution in [0.15, 0.2) is 58.7 Å². The molecule has 2 aromatic carbocycles. The van der Waals surface area contributed by atoms with Crippen molar-refractivity contribution in [1.82, 2.24) is 9.78 Å². The number of ether oxygens (including phenoxy) is 1. The molecule has 0 saturated carbocycles. The van der Waals surface area contributed by atoms with E-state index in [0.717, 1.165) is 9.13 Å². The van der Waals surface area contributed by atoms with Crippen LogP contribution in [0, 0.1) is 10.5 Å². The van der Waals surface area contributed by atoms with Gasteiger partial charge in [-0.1, -0.05) is 24.3 Å². The van der Waals surface area contributed by atoms with E-state index in [-0.39, 0.29) is 23.6 Å². The Balaban J connectivity index is 1.91. The molecule has 0 radical (unpaired) electrons. The Labute approximate surface area is 201 Å². The predicted octanol–water partition coefficient (Wildman–Crippen LogP) is 4.79. The highest BCUT2D eigenvalue weighted by molar-refractivity contribution is 14.1. The number of anilines is 1. The Bertz CT molecular complexity index is 1410. The molecule has 0 spiro atoms. The summed E-state index contributed by atoms with van der Waals surface area (Å²) < 4.78 is 7.13. The molecule has 0 bridgehead atoms. The van der Waals surface area contributed by atoms with E-state index in [1.54, 1.807) is 42.6 Å². The first kappa shape index (κ1) is 22.2. The second-order valence-corrected chi connectivity index (χ2v) is 8.95. The number of benzene rings is 2. The summed E-state index contributed by atoms with van der Waals surface area (Å²) in [6, 6.07) is 14.4. The first-order valence-electron chi connectivity index (χ1n) is 9.75. The van der Waals surface area contributed by atoms with Crippen LogP contribution in [0.25, 0.3) is 16.5 Å². The minimum absolute atomic E-state index is 0.0222. The summed E-state index contributed by atoms with van der Waals surface area (Å²) in [5.41, 5.74) is 1.54. The third-order valence-electron chi connectivity index (χ3n) is 4.71. The number of nitrogens with one attached hydrogen (secondary N) is 1. The van der Waals surface area contributed by atoms with Crippen molar-refractivity contribution < 1.29 is 14.3 Å². The lowest BCUT2D eigenvalue weighted by atomic mass is 10.2. The van der Waals surface area contributed by atoms with E-state index >= 15 is 0 Å². The lowest BCUT2D eigenvalue weighted by Crippen LogP contribution is -2.25. The van der Waals surface area contributed by atoms with Crippen molar-refractivity contribution in [1.29, 1.82) is 0 Å². The second kappa shape index (κ2) is 9.21. The van der Waals surface area contributed by atoms with Crippen molar-refractivity contribution in [2.24, 2.45) is 0 Å². The summed E-state index contributed by atoms with van der Waals surface area (Å²) >= 11 is 3.25. The summed E-state index contributed by atoms with van der Waals surface area (Å²) in [7, 11) is 0. The summed E-state index contributed by atoms with van der Waals surface area (Å²) in [5.74, 6) is -0.970. The first-order valence-corrected chi connectivity index (χ1v) is 11.7. The number of esters is 1. The van der Waals surface area contributed by atoms with Gasteiger partial charge < -0.3 is 10.1 Å². The molecule has 7 nitrogen and oxygen atoms in total. The number of nitrogens with zero attached hydrogens (tertiary/aromatic N) is 2. The molecule has 0 aliphatic carbocycles. The molecule has 4 aromatic rings. The molecule has 2 heterocycles. The number of halogens is 1. The van der Waals surface area contributed by atoms with Gasteiger partial charge in [0, 0.05) is 14.3 Å². The van der Waals surface area contributed by atoms with Gasteiger partial charge in [-0.15, -0.1) is 11.3 Å². The summed E-state index contributed by atoms with van der Waals surface area (Å²) in [4.78, 5) is 39.0. The van der Waals surface area contributed by atoms with Gasteiger partial charge in [0.1, 0.15) is 5.00 Å². The Kier molecular flexibility index (Phi) is 6.38. The van der Waals surface area contributed by atoms with Gasteiger partial charge in [-0.3, -0.25) is 9.59 Å².